The minimum absolute atomic E-state index is 0.0996. The van der Waals surface area contributed by atoms with Gasteiger partial charge in [0.2, 0.25) is 0 Å². The molecule has 0 fully saturated rings. The molecule has 2 heterocycles. The van der Waals surface area contributed by atoms with Gasteiger partial charge in [0.25, 0.3) is 10.0 Å². The quantitative estimate of drug-likeness (QED) is 0.772. The molecule has 0 spiro atoms. The van der Waals surface area contributed by atoms with Gasteiger partial charge in [-0.25, -0.2) is 13.4 Å². The summed E-state index contributed by atoms with van der Waals surface area (Å²) in [6, 6.07) is 10.2. The molecule has 1 N–H and O–H groups in total. The Bertz CT molecular complexity index is 964. The van der Waals surface area contributed by atoms with Gasteiger partial charge in [-0.05, 0) is 44.2 Å². The van der Waals surface area contributed by atoms with Crippen molar-refractivity contribution in [3.63, 3.8) is 0 Å². The standard InChI is InChI=1S/C16H16ClN3O2S/c1-11(2)20-10-15(14-7-4-8-18-16(14)20)23(21,22)19-13-6-3-5-12(17)9-13/h3-11,19H,1-2H3. The van der Waals surface area contributed by atoms with Crippen LogP contribution in [-0.4, -0.2) is 18.0 Å². The molecule has 0 radical (unpaired) electrons. The van der Waals surface area contributed by atoms with Crippen molar-refractivity contribution < 1.29 is 8.42 Å². The largest absolute Gasteiger partial charge is 0.329 e. The summed E-state index contributed by atoms with van der Waals surface area (Å²) in [4.78, 5) is 4.51. The summed E-state index contributed by atoms with van der Waals surface area (Å²) >= 11 is 5.91. The molecule has 0 saturated carbocycles. The molecule has 0 aliphatic heterocycles. The Morgan fingerprint density at radius 1 is 1.22 bits per heavy atom. The van der Waals surface area contributed by atoms with Gasteiger partial charge in [-0.3, -0.25) is 4.72 Å². The number of aromatic nitrogens is 2. The first kappa shape index (κ1) is 15.8. The van der Waals surface area contributed by atoms with E-state index in [1.54, 1.807) is 48.8 Å². The number of nitrogens with one attached hydrogen (secondary N) is 1. The van der Waals surface area contributed by atoms with Crippen LogP contribution in [0.1, 0.15) is 19.9 Å². The van der Waals surface area contributed by atoms with Crippen molar-refractivity contribution in [1.29, 1.82) is 0 Å². The van der Waals surface area contributed by atoms with Crippen LogP contribution in [0.15, 0.2) is 53.7 Å². The Hall–Kier alpha value is -2.05. The molecule has 0 saturated heterocycles. The van der Waals surface area contributed by atoms with Crippen LogP contribution >= 0.6 is 11.6 Å². The van der Waals surface area contributed by atoms with Crippen molar-refractivity contribution in [2.24, 2.45) is 0 Å². The lowest BCUT2D eigenvalue weighted by atomic mass is 10.3. The molecule has 0 atom stereocenters. The maximum absolute atomic E-state index is 12.8. The maximum atomic E-state index is 12.8. The molecule has 3 aromatic rings. The summed E-state index contributed by atoms with van der Waals surface area (Å²) in [5.74, 6) is 0. The molecule has 120 valence electrons. The monoisotopic (exact) mass is 349 g/mol. The number of nitrogens with zero attached hydrogens (tertiary/aromatic N) is 2. The summed E-state index contributed by atoms with van der Waals surface area (Å²) < 4.78 is 30.0. The molecule has 0 aliphatic rings. The van der Waals surface area contributed by atoms with E-state index < -0.39 is 10.0 Å². The number of anilines is 1. The zero-order valence-corrected chi connectivity index (χ0v) is 14.3. The third kappa shape index (κ3) is 3.04. The molecule has 2 aromatic heterocycles. The van der Waals surface area contributed by atoms with Gasteiger partial charge in [0.15, 0.2) is 0 Å². The predicted octanol–water partition coefficient (Wildman–Crippen LogP) is 4.07. The average Bonchev–Trinajstić information content (AvgIpc) is 2.87. The number of pyridine rings is 1. The van der Waals surface area contributed by atoms with Gasteiger partial charge in [0, 0.05) is 28.8 Å². The minimum atomic E-state index is -3.74. The second kappa shape index (κ2) is 5.86. The van der Waals surface area contributed by atoms with Crippen molar-refractivity contribution in [3.05, 3.63) is 53.8 Å². The molecule has 0 amide bonds. The number of hydrogen-bond donors (Lipinski definition) is 1. The van der Waals surface area contributed by atoms with Gasteiger partial charge in [0.1, 0.15) is 10.5 Å². The van der Waals surface area contributed by atoms with E-state index in [0.717, 1.165) is 0 Å². The smallest absolute Gasteiger partial charge is 0.264 e. The fraction of sp³-hybridized carbons (Fsp3) is 0.188. The van der Waals surface area contributed by atoms with E-state index in [4.69, 9.17) is 11.6 Å². The highest BCUT2D eigenvalue weighted by Gasteiger charge is 2.22. The van der Waals surface area contributed by atoms with Crippen molar-refractivity contribution >= 4 is 38.3 Å². The third-order valence-corrected chi connectivity index (χ3v) is 5.12. The Balaban J connectivity index is 2.12. The second-order valence-corrected chi connectivity index (χ2v) is 7.57. The average molecular weight is 350 g/mol. The fourth-order valence-electron chi connectivity index (χ4n) is 2.42. The van der Waals surface area contributed by atoms with Gasteiger partial charge in [0.05, 0.1) is 5.69 Å². The van der Waals surface area contributed by atoms with Gasteiger partial charge < -0.3 is 4.57 Å². The molecular formula is C16H16ClN3O2S. The highest BCUT2D eigenvalue weighted by molar-refractivity contribution is 7.93. The normalized spacial score (nSPS) is 12.0. The maximum Gasteiger partial charge on any atom is 0.264 e. The second-order valence-electron chi connectivity index (χ2n) is 5.48. The van der Waals surface area contributed by atoms with Crippen LogP contribution in [0.4, 0.5) is 5.69 Å². The third-order valence-electron chi connectivity index (χ3n) is 3.48. The van der Waals surface area contributed by atoms with Crippen molar-refractivity contribution in [2.75, 3.05) is 4.72 Å². The lowest BCUT2D eigenvalue weighted by Gasteiger charge is -2.08. The first-order valence-electron chi connectivity index (χ1n) is 7.12. The van der Waals surface area contributed by atoms with Crippen LogP contribution in [0.5, 0.6) is 0 Å². The first-order valence-corrected chi connectivity index (χ1v) is 8.98. The summed E-state index contributed by atoms with van der Waals surface area (Å²) in [7, 11) is -3.74. The molecule has 3 rings (SSSR count). The summed E-state index contributed by atoms with van der Waals surface area (Å²) in [6.07, 6.45) is 3.28. The topological polar surface area (TPSA) is 64.0 Å². The first-order chi connectivity index (χ1) is 10.9. The van der Waals surface area contributed by atoms with E-state index in [0.29, 0.717) is 21.7 Å². The highest BCUT2D eigenvalue weighted by atomic mass is 35.5. The number of hydrogen-bond acceptors (Lipinski definition) is 3. The Labute approximate surface area is 140 Å². The number of halogens is 1. The van der Waals surface area contributed by atoms with E-state index in [1.165, 1.54) is 0 Å². The Morgan fingerprint density at radius 3 is 2.70 bits per heavy atom. The van der Waals surface area contributed by atoms with E-state index in [9.17, 15) is 8.42 Å². The van der Waals surface area contributed by atoms with E-state index >= 15 is 0 Å². The van der Waals surface area contributed by atoms with E-state index in [2.05, 4.69) is 9.71 Å². The van der Waals surface area contributed by atoms with Crippen LogP contribution in [0.25, 0.3) is 11.0 Å². The molecule has 0 aliphatic carbocycles. The van der Waals surface area contributed by atoms with Crippen LogP contribution in [0, 0.1) is 0 Å². The lowest BCUT2D eigenvalue weighted by molar-refractivity contribution is 0.596. The van der Waals surface area contributed by atoms with Gasteiger partial charge in [-0.15, -0.1) is 0 Å². The number of rotatable bonds is 4. The van der Waals surface area contributed by atoms with Crippen molar-refractivity contribution in [2.45, 2.75) is 24.8 Å². The van der Waals surface area contributed by atoms with Crippen LogP contribution in [0.2, 0.25) is 5.02 Å². The summed E-state index contributed by atoms with van der Waals surface area (Å²) in [5.41, 5.74) is 1.07. The lowest BCUT2D eigenvalue weighted by Crippen LogP contribution is -2.12. The van der Waals surface area contributed by atoms with Crippen LogP contribution < -0.4 is 4.72 Å². The minimum Gasteiger partial charge on any atom is -0.329 e. The van der Waals surface area contributed by atoms with Gasteiger partial charge in [-0.2, -0.15) is 0 Å². The Kier molecular flexibility index (Phi) is 4.04. The fourth-order valence-corrected chi connectivity index (χ4v) is 3.86. The molecular weight excluding hydrogens is 334 g/mol. The van der Waals surface area contributed by atoms with Crippen LogP contribution in [-0.2, 0) is 10.0 Å². The molecule has 1 aromatic carbocycles. The Morgan fingerprint density at radius 2 is 2.00 bits per heavy atom. The number of benzene rings is 1. The van der Waals surface area contributed by atoms with E-state index in [-0.39, 0.29) is 10.9 Å². The molecule has 0 unspecified atom stereocenters. The number of fused-ring (bicyclic) bond motifs is 1. The summed E-state index contributed by atoms with van der Waals surface area (Å²) in [5, 5.41) is 1.06. The highest BCUT2D eigenvalue weighted by Crippen LogP contribution is 2.28. The zero-order valence-electron chi connectivity index (χ0n) is 12.7. The van der Waals surface area contributed by atoms with Gasteiger partial charge >= 0.3 is 0 Å². The van der Waals surface area contributed by atoms with Gasteiger partial charge in [-0.1, -0.05) is 17.7 Å². The van der Waals surface area contributed by atoms with E-state index in [1.807, 2.05) is 18.4 Å². The molecule has 7 heteroatoms. The SMILES string of the molecule is CC(C)n1cc(S(=O)(=O)Nc2cccc(Cl)c2)c2cccnc21. The summed E-state index contributed by atoms with van der Waals surface area (Å²) in [6.45, 7) is 3.96. The molecule has 23 heavy (non-hydrogen) atoms. The zero-order chi connectivity index (χ0) is 16.6. The van der Waals surface area contributed by atoms with Crippen molar-refractivity contribution in [1.82, 2.24) is 9.55 Å². The molecule has 5 nitrogen and oxygen atoms in total. The van der Waals surface area contributed by atoms with Crippen molar-refractivity contribution in [3.8, 4) is 0 Å². The number of sulfonamides is 1. The predicted molar refractivity (Wildman–Crippen MR) is 92.4 cm³/mol. The molecule has 0 bridgehead atoms. The van der Waals surface area contributed by atoms with Crippen LogP contribution in [0.3, 0.4) is 0 Å².